The van der Waals surface area contributed by atoms with Crippen LogP contribution in [-0.4, -0.2) is 10.1 Å². The fraction of sp³-hybridized carbons (Fsp3) is 0.0625. The van der Waals surface area contributed by atoms with Gasteiger partial charge in [-0.15, -0.1) is 5.11 Å². The first-order chi connectivity index (χ1) is 9.84. The van der Waals surface area contributed by atoms with Crippen LogP contribution in [0.1, 0.15) is 5.56 Å². The summed E-state index contributed by atoms with van der Waals surface area (Å²) in [6.45, 7) is 0.323. The van der Waals surface area contributed by atoms with Crippen molar-refractivity contribution < 1.29 is 5.11 Å². The Balaban J connectivity index is 1.91. The van der Waals surface area contributed by atoms with Gasteiger partial charge in [0.1, 0.15) is 5.75 Å². The Kier molecular flexibility index (Phi) is 3.37. The molecule has 0 aliphatic heterocycles. The second-order valence-electron chi connectivity index (χ2n) is 4.37. The van der Waals surface area contributed by atoms with Gasteiger partial charge in [0, 0.05) is 11.8 Å². The summed E-state index contributed by atoms with van der Waals surface area (Å²) < 4.78 is 0. The highest BCUT2D eigenvalue weighted by molar-refractivity contribution is 5.87. The van der Waals surface area contributed by atoms with E-state index >= 15 is 0 Å². The van der Waals surface area contributed by atoms with Gasteiger partial charge in [0.05, 0.1) is 6.54 Å². The number of aromatic hydroxyl groups is 1. The average molecular weight is 263 g/mol. The smallest absolute Gasteiger partial charge is 0.173 e. The first kappa shape index (κ1) is 12.3. The molecule has 1 aromatic heterocycles. The van der Waals surface area contributed by atoms with Crippen LogP contribution in [0.25, 0.3) is 10.8 Å². The van der Waals surface area contributed by atoms with Gasteiger partial charge in [-0.3, -0.25) is 0 Å². The lowest BCUT2D eigenvalue weighted by Crippen LogP contribution is -1.85. The van der Waals surface area contributed by atoms with Crippen LogP contribution in [0.2, 0.25) is 0 Å². The number of benzene rings is 2. The minimum absolute atomic E-state index is 0.240. The number of azo groups is 1. The van der Waals surface area contributed by atoms with Crippen LogP contribution in [0.4, 0.5) is 5.82 Å². The van der Waals surface area contributed by atoms with Gasteiger partial charge in [0.15, 0.2) is 5.82 Å². The molecule has 98 valence electrons. The maximum atomic E-state index is 9.99. The molecule has 0 aliphatic rings. The van der Waals surface area contributed by atoms with Crippen molar-refractivity contribution in [2.75, 3.05) is 0 Å². The fourth-order valence-corrected chi connectivity index (χ4v) is 2.08. The summed E-state index contributed by atoms with van der Waals surface area (Å²) in [6, 6.07) is 16.9. The van der Waals surface area contributed by atoms with Gasteiger partial charge in [0.2, 0.25) is 0 Å². The number of phenols is 1. The molecule has 0 radical (unpaired) electrons. The Hall–Kier alpha value is -2.75. The molecule has 1 heterocycles. The highest BCUT2D eigenvalue weighted by atomic mass is 16.3. The van der Waals surface area contributed by atoms with E-state index in [1.54, 1.807) is 18.3 Å². The molecule has 0 saturated carbocycles. The van der Waals surface area contributed by atoms with Crippen molar-refractivity contribution in [3.05, 3.63) is 66.4 Å². The number of fused-ring (bicyclic) bond motifs is 1. The van der Waals surface area contributed by atoms with Gasteiger partial charge in [-0.25, -0.2) is 4.98 Å². The molecule has 3 rings (SSSR count). The zero-order valence-electron chi connectivity index (χ0n) is 10.8. The molecule has 0 saturated heterocycles. The third kappa shape index (κ3) is 2.49. The fourth-order valence-electron chi connectivity index (χ4n) is 2.08. The average Bonchev–Trinajstić information content (AvgIpc) is 2.50. The van der Waals surface area contributed by atoms with E-state index in [4.69, 9.17) is 0 Å². The van der Waals surface area contributed by atoms with Crippen LogP contribution in [0, 0.1) is 0 Å². The van der Waals surface area contributed by atoms with Crippen molar-refractivity contribution in [1.29, 1.82) is 0 Å². The Labute approximate surface area is 116 Å². The van der Waals surface area contributed by atoms with Crippen molar-refractivity contribution >= 4 is 16.6 Å². The Morgan fingerprint density at radius 1 is 0.950 bits per heavy atom. The number of pyridine rings is 1. The Morgan fingerprint density at radius 3 is 2.65 bits per heavy atom. The number of rotatable bonds is 3. The standard InChI is InChI=1S/C16H13N3O/c20-15-9-8-12-5-1-2-6-13(12)14(15)11-18-19-16-7-3-4-10-17-16/h1-10,20H,11H2. The number of aromatic nitrogens is 1. The third-order valence-corrected chi connectivity index (χ3v) is 3.07. The van der Waals surface area contributed by atoms with E-state index < -0.39 is 0 Å². The molecular formula is C16H13N3O. The van der Waals surface area contributed by atoms with Crippen LogP contribution in [0.5, 0.6) is 5.75 Å². The van der Waals surface area contributed by atoms with Crippen molar-refractivity contribution in [3.63, 3.8) is 0 Å². The summed E-state index contributed by atoms with van der Waals surface area (Å²) in [4.78, 5) is 4.07. The summed E-state index contributed by atoms with van der Waals surface area (Å²) in [5.74, 6) is 0.802. The van der Waals surface area contributed by atoms with Gasteiger partial charge in [-0.1, -0.05) is 36.4 Å². The summed E-state index contributed by atoms with van der Waals surface area (Å²) >= 11 is 0. The van der Waals surface area contributed by atoms with E-state index in [0.29, 0.717) is 12.4 Å². The molecule has 0 bridgehead atoms. The van der Waals surface area contributed by atoms with E-state index in [0.717, 1.165) is 16.3 Å². The van der Waals surface area contributed by atoms with Gasteiger partial charge >= 0.3 is 0 Å². The highest BCUT2D eigenvalue weighted by Crippen LogP contribution is 2.28. The summed E-state index contributed by atoms with van der Waals surface area (Å²) in [5, 5.41) is 20.2. The van der Waals surface area contributed by atoms with Crippen molar-refractivity contribution in [2.45, 2.75) is 6.54 Å². The number of hydrogen-bond donors (Lipinski definition) is 1. The highest BCUT2D eigenvalue weighted by Gasteiger charge is 2.05. The maximum Gasteiger partial charge on any atom is 0.173 e. The maximum absolute atomic E-state index is 9.99. The van der Waals surface area contributed by atoms with Gasteiger partial charge < -0.3 is 5.11 Å². The lowest BCUT2D eigenvalue weighted by molar-refractivity contribution is 0.469. The van der Waals surface area contributed by atoms with Gasteiger partial charge in [0.25, 0.3) is 0 Å². The third-order valence-electron chi connectivity index (χ3n) is 3.07. The summed E-state index contributed by atoms with van der Waals surface area (Å²) in [5.41, 5.74) is 0.780. The molecule has 0 spiro atoms. The van der Waals surface area contributed by atoms with Crippen LogP contribution in [0.15, 0.2) is 71.0 Å². The van der Waals surface area contributed by atoms with Crippen LogP contribution < -0.4 is 0 Å². The monoisotopic (exact) mass is 263 g/mol. The van der Waals surface area contributed by atoms with Gasteiger partial charge in [-0.05, 0) is 29.0 Å². The minimum atomic E-state index is 0.240. The topological polar surface area (TPSA) is 57.8 Å². The van der Waals surface area contributed by atoms with Crippen molar-refractivity contribution in [3.8, 4) is 5.75 Å². The zero-order chi connectivity index (χ0) is 13.8. The molecule has 0 unspecified atom stereocenters. The predicted octanol–water partition coefficient (Wildman–Crippen LogP) is 4.22. The molecule has 0 fully saturated rings. The van der Waals surface area contributed by atoms with Gasteiger partial charge in [-0.2, -0.15) is 5.11 Å². The molecular weight excluding hydrogens is 250 g/mol. The normalized spacial score (nSPS) is 11.2. The molecule has 4 nitrogen and oxygen atoms in total. The molecule has 3 aromatic rings. The first-order valence-corrected chi connectivity index (χ1v) is 6.33. The molecule has 0 atom stereocenters. The molecule has 0 aliphatic carbocycles. The molecule has 4 heteroatoms. The number of nitrogens with zero attached hydrogens (tertiary/aromatic N) is 3. The van der Waals surface area contributed by atoms with Crippen molar-refractivity contribution in [2.24, 2.45) is 10.2 Å². The van der Waals surface area contributed by atoms with Crippen LogP contribution in [-0.2, 0) is 6.54 Å². The summed E-state index contributed by atoms with van der Waals surface area (Å²) in [7, 11) is 0. The molecule has 2 aromatic carbocycles. The first-order valence-electron chi connectivity index (χ1n) is 6.33. The predicted molar refractivity (Wildman–Crippen MR) is 78.1 cm³/mol. The van der Waals surface area contributed by atoms with Crippen LogP contribution in [0.3, 0.4) is 0 Å². The number of phenolic OH excluding ortho intramolecular Hbond substituents is 1. The minimum Gasteiger partial charge on any atom is -0.508 e. The molecule has 1 N–H and O–H groups in total. The SMILES string of the molecule is Oc1ccc2ccccc2c1CN=Nc1ccccn1. The van der Waals surface area contributed by atoms with E-state index in [-0.39, 0.29) is 5.75 Å². The van der Waals surface area contributed by atoms with E-state index in [1.807, 2.05) is 42.5 Å². The lowest BCUT2D eigenvalue weighted by Gasteiger charge is -2.06. The second-order valence-corrected chi connectivity index (χ2v) is 4.37. The lowest BCUT2D eigenvalue weighted by atomic mass is 10.0. The quantitative estimate of drug-likeness (QED) is 0.719. The van der Waals surface area contributed by atoms with E-state index in [9.17, 15) is 5.11 Å². The molecule has 0 amide bonds. The molecule has 20 heavy (non-hydrogen) atoms. The zero-order valence-corrected chi connectivity index (χ0v) is 10.8. The second kappa shape index (κ2) is 5.48. The Bertz CT molecular complexity index is 754. The summed E-state index contributed by atoms with van der Waals surface area (Å²) in [6.07, 6.45) is 1.67. The van der Waals surface area contributed by atoms with E-state index in [1.165, 1.54) is 0 Å². The largest absolute Gasteiger partial charge is 0.508 e. The van der Waals surface area contributed by atoms with E-state index in [2.05, 4.69) is 15.2 Å². The number of hydrogen-bond acceptors (Lipinski definition) is 4. The Morgan fingerprint density at radius 2 is 1.80 bits per heavy atom. The van der Waals surface area contributed by atoms with Crippen LogP contribution >= 0.6 is 0 Å². The van der Waals surface area contributed by atoms with Crippen molar-refractivity contribution in [1.82, 2.24) is 4.98 Å².